The highest BCUT2D eigenvalue weighted by Gasteiger charge is 2.32. The molecule has 0 heterocycles. The Hall–Kier alpha value is -2.30. The van der Waals surface area contributed by atoms with Crippen LogP contribution in [0.1, 0.15) is 21.5 Å². The van der Waals surface area contributed by atoms with Gasteiger partial charge in [-0.1, -0.05) is 18.2 Å². The minimum atomic E-state index is -4.40. The molecule has 0 aromatic heterocycles. The highest BCUT2D eigenvalue weighted by atomic mass is 19.4. The number of halogens is 3. The highest BCUT2D eigenvalue weighted by Crippen LogP contribution is 2.32. The van der Waals surface area contributed by atoms with Crippen LogP contribution in [0.5, 0.6) is 5.75 Å². The molecule has 0 aliphatic carbocycles. The third kappa shape index (κ3) is 3.38. The van der Waals surface area contributed by atoms with E-state index in [0.29, 0.717) is 17.6 Å². The van der Waals surface area contributed by atoms with E-state index in [4.69, 9.17) is 4.74 Å². The van der Waals surface area contributed by atoms with Crippen LogP contribution in [0.4, 0.5) is 13.2 Å². The van der Waals surface area contributed by atoms with Gasteiger partial charge in [-0.15, -0.1) is 0 Å². The van der Waals surface area contributed by atoms with Crippen LogP contribution in [0, 0.1) is 0 Å². The number of hydrogen-bond acceptors (Lipinski definition) is 2. The first-order chi connectivity index (χ1) is 9.50. The summed E-state index contributed by atoms with van der Waals surface area (Å²) >= 11 is 0. The van der Waals surface area contributed by atoms with Crippen molar-refractivity contribution >= 4 is 6.29 Å². The molecule has 2 rings (SSSR count). The van der Waals surface area contributed by atoms with E-state index in [1.54, 1.807) is 12.1 Å². The molecule has 0 aliphatic heterocycles. The van der Waals surface area contributed by atoms with Crippen molar-refractivity contribution < 1.29 is 22.7 Å². The van der Waals surface area contributed by atoms with Crippen molar-refractivity contribution in [2.24, 2.45) is 0 Å². The van der Waals surface area contributed by atoms with Crippen LogP contribution in [-0.2, 0) is 12.8 Å². The third-order valence-corrected chi connectivity index (χ3v) is 2.73. The van der Waals surface area contributed by atoms with Crippen molar-refractivity contribution in [2.75, 3.05) is 0 Å². The van der Waals surface area contributed by atoms with E-state index >= 15 is 0 Å². The predicted molar refractivity (Wildman–Crippen MR) is 67.6 cm³/mol. The van der Waals surface area contributed by atoms with Gasteiger partial charge >= 0.3 is 6.18 Å². The summed E-state index contributed by atoms with van der Waals surface area (Å²) in [5, 5.41) is 0. The number of carbonyl (C=O) groups excluding carboxylic acids is 1. The first-order valence-corrected chi connectivity index (χ1v) is 5.84. The zero-order valence-corrected chi connectivity index (χ0v) is 10.4. The fourth-order valence-electron chi connectivity index (χ4n) is 1.73. The molecule has 2 nitrogen and oxygen atoms in total. The molecule has 0 bridgehead atoms. The third-order valence-electron chi connectivity index (χ3n) is 2.73. The van der Waals surface area contributed by atoms with Gasteiger partial charge in [0.2, 0.25) is 0 Å². The summed E-state index contributed by atoms with van der Waals surface area (Å²) in [4.78, 5) is 10.5. The molecular formula is C15H11F3O2. The van der Waals surface area contributed by atoms with Crippen LogP contribution in [0.15, 0.2) is 48.5 Å². The lowest BCUT2D eigenvalue weighted by atomic mass is 10.1. The Morgan fingerprint density at radius 3 is 2.25 bits per heavy atom. The molecule has 0 fully saturated rings. The van der Waals surface area contributed by atoms with E-state index < -0.39 is 11.7 Å². The van der Waals surface area contributed by atoms with Crippen molar-refractivity contribution in [3.05, 3.63) is 65.2 Å². The smallest absolute Gasteiger partial charge is 0.416 e. The molecule has 0 amide bonds. The Morgan fingerprint density at radius 2 is 1.65 bits per heavy atom. The number of hydrogen-bond donors (Lipinski definition) is 0. The maximum atomic E-state index is 12.8. The van der Waals surface area contributed by atoms with Gasteiger partial charge in [-0.25, -0.2) is 0 Å². The van der Waals surface area contributed by atoms with E-state index in [0.717, 1.165) is 6.07 Å². The van der Waals surface area contributed by atoms with Crippen LogP contribution in [0.25, 0.3) is 0 Å². The van der Waals surface area contributed by atoms with E-state index in [2.05, 4.69) is 0 Å². The normalized spacial score (nSPS) is 11.2. The van der Waals surface area contributed by atoms with Crippen LogP contribution in [-0.4, -0.2) is 6.29 Å². The van der Waals surface area contributed by atoms with Crippen molar-refractivity contribution in [3.63, 3.8) is 0 Å². The van der Waals surface area contributed by atoms with Crippen molar-refractivity contribution in [2.45, 2.75) is 12.8 Å². The summed E-state index contributed by atoms with van der Waals surface area (Å²) in [6.45, 7) is -0.184. The molecule has 104 valence electrons. The largest absolute Gasteiger partial charge is 0.489 e. The molecule has 20 heavy (non-hydrogen) atoms. The van der Waals surface area contributed by atoms with Crippen LogP contribution >= 0.6 is 0 Å². The zero-order chi connectivity index (χ0) is 14.6. The van der Waals surface area contributed by atoms with Gasteiger partial charge in [0.1, 0.15) is 18.6 Å². The molecule has 0 spiro atoms. The lowest BCUT2D eigenvalue weighted by molar-refractivity contribution is -0.138. The number of alkyl halides is 3. The average Bonchev–Trinajstić information content (AvgIpc) is 2.45. The van der Waals surface area contributed by atoms with E-state index in [9.17, 15) is 18.0 Å². The average molecular weight is 280 g/mol. The molecule has 0 radical (unpaired) electrons. The Labute approximate surface area is 113 Å². The van der Waals surface area contributed by atoms with Crippen LogP contribution in [0.3, 0.4) is 0 Å². The molecule has 2 aromatic rings. The van der Waals surface area contributed by atoms with Gasteiger partial charge in [-0.2, -0.15) is 13.2 Å². The zero-order valence-electron chi connectivity index (χ0n) is 10.4. The van der Waals surface area contributed by atoms with Gasteiger partial charge in [0.05, 0.1) is 5.56 Å². The van der Waals surface area contributed by atoms with Crippen LogP contribution < -0.4 is 4.74 Å². The lowest BCUT2D eigenvalue weighted by Gasteiger charge is -2.13. The van der Waals surface area contributed by atoms with Crippen molar-refractivity contribution in [1.82, 2.24) is 0 Å². The Kier molecular flexibility index (Phi) is 4.08. The van der Waals surface area contributed by atoms with Crippen LogP contribution in [0.2, 0.25) is 0 Å². The predicted octanol–water partition coefficient (Wildman–Crippen LogP) is 4.10. The van der Waals surface area contributed by atoms with E-state index in [-0.39, 0.29) is 12.2 Å². The quantitative estimate of drug-likeness (QED) is 0.788. The second-order valence-corrected chi connectivity index (χ2v) is 4.13. The fraction of sp³-hybridized carbons (Fsp3) is 0.133. The van der Waals surface area contributed by atoms with Crippen molar-refractivity contribution in [3.8, 4) is 5.75 Å². The van der Waals surface area contributed by atoms with Gasteiger partial charge < -0.3 is 4.74 Å². The summed E-state index contributed by atoms with van der Waals surface area (Å²) in [5.74, 6) is 0.410. The summed E-state index contributed by atoms with van der Waals surface area (Å²) in [7, 11) is 0. The van der Waals surface area contributed by atoms with Gasteiger partial charge in [-0.3, -0.25) is 4.79 Å². The van der Waals surface area contributed by atoms with E-state index in [1.165, 1.54) is 30.3 Å². The number of ether oxygens (including phenoxy) is 1. The maximum Gasteiger partial charge on any atom is 0.416 e. The summed E-state index contributed by atoms with van der Waals surface area (Å²) in [6, 6.07) is 11.4. The van der Waals surface area contributed by atoms with Gasteiger partial charge in [0.15, 0.2) is 0 Å². The highest BCUT2D eigenvalue weighted by molar-refractivity contribution is 5.74. The van der Waals surface area contributed by atoms with Gasteiger partial charge in [-0.05, 0) is 30.3 Å². The molecule has 2 aromatic carbocycles. The summed E-state index contributed by atoms with van der Waals surface area (Å²) < 4.78 is 43.6. The molecule has 0 saturated carbocycles. The number of carbonyl (C=O) groups is 1. The minimum absolute atomic E-state index is 0.0689. The first kappa shape index (κ1) is 14.1. The molecule has 0 aliphatic rings. The molecule has 0 atom stereocenters. The molecule has 5 heteroatoms. The Bertz CT molecular complexity index is 589. The maximum absolute atomic E-state index is 12.8. The monoisotopic (exact) mass is 280 g/mol. The molecule has 0 saturated heterocycles. The number of aldehydes is 1. The Balaban J connectivity index is 2.12. The van der Waals surface area contributed by atoms with Gasteiger partial charge in [0.25, 0.3) is 0 Å². The number of rotatable bonds is 4. The molecule has 0 N–H and O–H groups in total. The Morgan fingerprint density at radius 1 is 1.00 bits per heavy atom. The minimum Gasteiger partial charge on any atom is -0.489 e. The summed E-state index contributed by atoms with van der Waals surface area (Å²) in [5.41, 5.74) is -0.156. The second kappa shape index (κ2) is 5.77. The number of benzene rings is 2. The molecular weight excluding hydrogens is 269 g/mol. The topological polar surface area (TPSA) is 26.3 Å². The summed E-state index contributed by atoms with van der Waals surface area (Å²) in [6.07, 6.45) is -3.72. The SMILES string of the molecule is O=Cc1ccc(OCc2ccccc2C(F)(F)F)cc1. The first-order valence-electron chi connectivity index (χ1n) is 5.84. The lowest BCUT2D eigenvalue weighted by Crippen LogP contribution is -2.10. The molecule has 0 unspecified atom stereocenters. The van der Waals surface area contributed by atoms with Gasteiger partial charge in [0, 0.05) is 11.1 Å². The van der Waals surface area contributed by atoms with E-state index in [1.807, 2.05) is 0 Å². The standard InChI is InChI=1S/C15H11F3O2/c16-15(17,18)14-4-2-1-3-12(14)10-20-13-7-5-11(9-19)6-8-13/h1-9H,10H2. The second-order valence-electron chi connectivity index (χ2n) is 4.13. The fourth-order valence-corrected chi connectivity index (χ4v) is 1.73. The van der Waals surface area contributed by atoms with Crippen molar-refractivity contribution in [1.29, 1.82) is 0 Å².